The van der Waals surface area contributed by atoms with Crippen molar-refractivity contribution in [3.8, 4) is 0 Å². The summed E-state index contributed by atoms with van der Waals surface area (Å²) in [7, 11) is 0. The fraction of sp³-hybridized carbons (Fsp3) is 0.105. The Hall–Kier alpha value is -3.21. The molecule has 0 aromatic heterocycles. The highest BCUT2D eigenvalue weighted by Gasteiger charge is 2.11. The molecule has 1 N–H and O–H groups in total. The number of nitrogens with one attached hydrogen (secondary N) is 1. The highest BCUT2D eigenvalue weighted by atomic mass is 16.6. The number of nitrogens with zero attached hydrogens (tertiary/aromatic N) is 1. The average molecular weight is 320 g/mol. The second-order valence-electron chi connectivity index (χ2n) is 5.66. The van der Waals surface area contributed by atoms with Crippen LogP contribution in [-0.2, 0) is 11.2 Å². The maximum atomic E-state index is 12.3. The molecule has 0 saturated carbocycles. The molecule has 3 rings (SSSR count). The molecule has 3 aromatic carbocycles. The number of hydrogen-bond acceptors (Lipinski definition) is 3. The van der Waals surface area contributed by atoms with E-state index < -0.39 is 4.92 Å². The smallest absolute Gasteiger partial charge is 0.271 e. The molecule has 0 aliphatic rings. The van der Waals surface area contributed by atoms with Crippen LogP contribution in [0.3, 0.4) is 0 Å². The van der Waals surface area contributed by atoms with E-state index in [0.29, 0.717) is 5.69 Å². The maximum absolute atomic E-state index is 12.3. The highest BCUT2D eigenvalue weighted by molar-refractivity contribution is 5.94. The quantitative estimate of drug-likeness (QED) is 0.577. The van der Waals surface area contributed by atoms with Gasteiger partial charge in [-0.2, -0.15) is 0 Å². The summed E-state index contributed by atoms with van der Waals surface area (Å²) in [6.45, 7) is 1.80. The van der Waals surface area contributed by atoms with E-state index in [2.05, 4.69) is 5.32 Å². The summed E-state index contributed by atoms with van der Waals surface area (Å²) in [5, 5.41) is 15.8. The normalized spacial score (nSPS) is 10.5. The third-order valence-electron chi connectivity index (χ3n) is 3.88. The first-order chi connectivity index (χ1) is 11.5. The van der Waals surface area contributed by atoms with Crippen LogP contribution < -0.4 is 5.32 Å². The minimum Gasteiger partial charge on any atom is -0.325 e. The predicted molar refractivity (Wildman–Crippen MR) is 94.1 cm³/mol. The lowest BCUT2D eigenvalue weighted by atomic mass is 10.0. The van der Waals surface area contributed by atoms with E-state index in [9.17, 15) is 14.9 Å². The summed E-state index contributed by atoms with van der Waals surface area (Å²) < 4.78 is 0. The minimum atomic E-state index is -0.474. The maximum Gasteiger partial charge on any atom is 0.271 e. The van der Waals surface area contributed by atoms with E-state index in [4.69, 9.17) is 0 Å². The molecular formula is C19H16N2O3. The molecule has 0 aliphatic carbocycles. The molecule has 0 saturated heterocycles. The molecule has 24 heavy (non-hydrogen) atoms. The second-order valence-corrected chi connectivity index (χ2v) is 5.66. The summed E-state index contributed by atoms with van der Waals surface area (Å²) in [5.41, 5.74) is 2.11. The number of non-ortho nitro benzene ring substituents is 1. The van der Waals surface area contributed by atoms with Gasteiger partial charge in [-0.25, -0.2) is 0 Å². The summed E-state index contributed by atoms with van der Waals surface area (Å²) in [6.07, 6.45) is 0.215. The third-order valence-corrected chi connectivity index (χ3v) is 3.88. The van der Waals surface area contributed by atoms with Crippen molar-refractivity contribution < 1.29 is 9.72 Å². The van der Waals surface area contributed by atoms with E-state index in [1.54, 1.807) is 13.0 Å². The van der Waals surface area contributed by atoms with Gasteiger partial charge in [0, 0.05) is 12.1 Å². The number of carbonyl (C=O) groups excluding carboxylic acids is 1. The standard InChI is InChI=1S/C19H16N2O3/c1-13-6-9-17(21(23)24)12-18(13)20-19(22)11-14-7-8-15-4-2-3-5-16(15)10-14/h2-10,12H,11H2,1H3,(H,20,22). The zero-order valence-electron chi connectivity index (χ0n) is 13.2. The summed E-state index contributed by atoms with van der Waals surface area (Å²) in [4.78, 5) is 22.7. The fourth-order valence-corrected chi connectivity index (χ4v) is 2.59. The van der Waals surface area contributed by atoms with Gasteiger partial charge >= 0.3 is 0 Å². The number of benzene rings is 3. The minimum absolute atomic E-state index is 0.0402. The molecule has 0 atom stereocenters. The molecule has 5 heteroatoms. The fourth-order valence-electron chi connectivity index (χ4n) is 2.59. The lowest BCUT2D eigenvalue weighted by Crippen LogP contribution is -2.15. The predicted octanol–water partition coefficient (Wildman–Crippen LogP) is 4.24. The number of hydrogen-bond donors (Lipinski definition) is 1. The van der Waals surface area contributed by atoms with Gasteiger partial charge in [-0.1, -0.05) is 48.5 Å². The number of aryl methyl sites for hydroxylation is 1. The van der Waals surface area contributed by atoms with Gasteiger partial charge in [0.15, 0.2) is 0 Å². The van der Waals surface area contributed by atoms with Gasteiger partial charge < -0.3 is 5.32 Å². The van der Waals surface area contributed by atoms with Crippen LogP contribution in [0.4, 0.5) is 11.4 Å². The van der Waals surface area contributed by atoms with Crippen molar-refractivity contribution in [1.29, 1.82) is 0 Å². The summed E-state index contributed by atoms with van der Waals surface area (Å²) >= 11 is 0. The Kier molecular flexibility index (Phi) is 4.24. The first kappa shape index (κ1) is 15.7. The summed E-state index contributed by atoms with van der Waals surface area (Å²) in [5.74, 6) is -0.200. The second kappa shape index (κ2) is 6.50. The molecule has 0 unspecified atom stereocenters. The van der Waals surface area contributed by atoms with Crippen LogP contribution in [0.15, 0.2) is 60.7 Å². The number of nitro benzene ring substituents is 1. The number of fused-ring (bicyclic) bond motifs is 1. The lowest BCUT2D eigenvalue weighted by molar-refractivity contribution is -0.384. The van der Waals surface area contributed by atoms with Gasteiger partial charge in [0.25, 0.3) is 5.69 Å². The van der Waals surface area contributed by atoms with Crippen molar-refractivity contribution in [3.05, 3.63) is 81.9 Å². The van der Waals surface area contributed by atoms with Crippen LogP contribution in [0.5, 0.6) is 0 Å². The molecule has 3 aromatic rings. The number of rotatable bonds is 4. The van der Waals surface area contributed by atoms with Crippen molar-refractivity contribution in [1.82, 2.24) is 0 Å². The molecule has 0 radical (unpaired) electrons. The van der Waals surface area contributed by atoms with Crippen LogP contribution >= 0.6 is 0 Å². The molecule has 0 aliphatic heterocycles. The molecule has 0 spiro atoms. The molecule has 0 bridgehead atoms. The first-order valence-electron chi connectivity index (χ1n) is 7.55. The van der Waals surface area contributed by atoms with E-state index >= 15 is 0 Å². The molecule has 5 nitrogen and oxygen atoms in total. The third kappa shape index (κ3) is 3.41. The largest absolute Gasteiger partial charge is 0.325 e. The molecule has 1 amide bonds. The number of carbonyl (C=O) groups is 1. The Bertz CT molecular complexity index is 935. The highest BCUT2D eigenvalue weighted by Crippen LogP contribution is 2.22. The van der Waals surface area contributed by atoms with E-state index in [1.165, 1.54) is 12.1 Å². The number of nitro groups is 1. The van der Waals surface area contributed by atoms with Gasteiger partial charge in [-0.15, -0.1) is 0 Å². The van der Waals surface area contributed by atoms with Crippen LogP contribution in [0.25, 0.3) is 10.8 Å². The van der Waals surface area contributed by atoms with Crippen LogP contribution in [0.1, 0.15) is 11.1 Å². The van der Waals surface area contributed by atoms with E-state index in [1.807, 2.05) is 42.5 Å². The monoisotopic (exact) mass is 320 g/mol. The molecule has 120 valence electrons. The topological polar surface area (TPSA) is 72.2 Å². The van der Waals surface area contributed by atoms with Crippen molar-refractivity contribution >= 4 is 28.1 Å². The Morgan fingerprint density at radius 1 is 1.04 bits per heavy atom. The number of amides is 1. The Balaban J connectivity index is 1.77. The lowest BCUT2D eigenvalue weighted by Gasteiger charge is -2.09. The molecule has 0 fully saturated rings. The Labute approximate surface area is 139 Å². The average Bonchev–Trinajstić information content (AvgIpc) is 2.56. The number of anilines is 1. The van der Waals surface area contributed by atoms with Crippen molar-refractivity contribution in [2.45, 2.75) is 13.3 Å². The van der Waals surface area contributed by atoms with Gasteiger partial charge in [0.2, 0.25) is 5.91 Å². The van der Waals surface area contributed by atoms with Gasteiger partial charge in [-0.05, 0) is 28.8 Å². The van der Waals surface area contributed by atoms with Crippen molar-refractivity contribution in [2.75, 3.05) is 5.32 Å². The van der Waals surface area contributed by atoms with E-state index in [-0.39, 0.29) is 18.0 Å². The summed E-state index contributed by atoms with van der Waals surface area (Å²) in [6, 6.07) is 18.3. The Morgan fingerprint density at radius 2 is 1.79 bits per heavy atom. The molecule has 0 heterocycles. The first-order valence-corrected chi connectivity index (χ1v) is 7.55. The zero-order chi connectivity index (χ0) is 17.1. The van der Waals surface area contributed by atoms with Gasteiger partial charge in [0.05, 0.1) is 17.0 Å². The Morgan fingerprint density at radius 3 is 2.54 bits per heavy atom. The van der Waals surface area contributed by atoms with Crippen molar-refractivity contribution in [3.63, 3.8) is 0 Å². The SMILES string of the molecule is Cc1ccc([N+](=O)[O-])cc1NC(=O)Cc1ccc2ccccc2c1. The van der Waals surface area contributed by atoms with Gasteiger partial charge in [0.1, 0.15) is 0 Å². The van der Waals surface area contributed by atoms with Crippen LogP contribution in [0, 0.1) is 17.0 Å². The molecular weight excluding hydrogens is 304 g/mol. The van der Waals surface area contributed by atoms with Crippen LogP contribution in [0.2, 0.25) is 0 Å². The van der Waals surface area contributed by atoms with Crippen LogP contribution in [-0.4, -0.2) is 10.8 Å². The van der Waals surface area contributed by atoms with Crippen molar-refractivity contribution in [2.24, 2.45) is 0 Å². The van der Waals surface area contributed by atoms with Gasteiger partial charge in [-0.3, -0.25) is 14.9 Å². The van der Waals surface area contributed by atoms with E-state index in [0.717, 1.165) is 21.9 Å². The zero-order valence-corrected chi connectivity index (χ0v) is 13.2.